The van der Waals surface area contributed by atoms with Gasteiger partial charge in [0.15, 0.2) is 0 Å². The molecule has 2 nitrogen and oxygen atoms in total. The number of rotatable bonds is 7. The van der Waals surface area contributed by atoms with Crippen molar-refractivity contribution in [2.45, 2.75) is 32.2 Å². The van der Waals surface area contributed by atoms with Gasteiger partial charge in [-0.05, 0) is 24.6 Å². The Morgan fingerprint density at radius 1 is 0.952 bits per heavy atom. The van der Waals surface area contributed by atoms with Crippen LogP contribution < -0.4 is 10.1 Å². The van der Waals surface area contributed by atoms with Gasteiger partial charge in [0.05, 0.1) is 7.11 Å². The molecule has 2 aromatic carbocycles. The number of hydrogen-bond acceptors (Lipinski definition) is 2. The molecule has 0 radical (unpaired) electrons. The van der Waals surface area contributed by atoms with E-state index < -0.39 is 0 Å². The Morgan fingerprint density at radius 3 is 2.24 bits per heavy atom. The molecule has 0 aromatic heterocycles. The molecular weight excluding hydrogens is 258 g/mol. The second-order valence-electron chi connectivity index (χ2n) is 5.20. The van der Waals surface area contributed by atoms with Crippen molar-refractivity contribution in [3.8, 4) is 5.75 Å². The van der Waals surface area contributed by atoms with Gasteiger partial charge in [0.25, 0.3) is 0 Å². The first-order valence-electron chi connectivity index (χ1n) is 7.73. The zero-order valence-electron chi connectivity index (χ0n) is 13.2. The highest BCUT2D eigenvalue weighted by Gasteiger charge is 2.24. The lowest BCUT2D eigenvalue weighted by atomic mass is 9.84. The molecule has 0 amide bonds. The number of benzene rings is 2. The van der Waals surface area contributed by atoms with Crippen LogP contribution in [0.2, 0.25) is 0 Å². The van der Waals surface area contributed by atoms with Crippen molar-refractivity contribution in [2.24, 2.45) is 0 Å². The SMILES string of the molecule is CCNC(c1ccccc1OC)C(CC)c1ccccc1. The minimum atomic E-state index is 0.263. The first-order chi connectivity index (χ1) is 10.3. The quantitative estimate of drug-likeness (QED) is 0.805. The van der Waals surface area contributed by atoms with E-state index in [1.807, 2.05) is 12.1 Å². The average molecular weight is 283 g/mol. The number of likely N-dealkylation sites (N-methyl/N-ethyl adjacent to an activating group) is 1. The van der Waals surface area contributed by atoms with Crippen LogP contribution in [-0.2, 0) is 0 Å². The van der Waals surface area contributed by atoms with Gasteiger partial charge in [-0.15, -0.1) is 0 Å². The van der Waals surface area contributed by atoms with Crippen LogP contribution in [0, 0.1) is 0 Å². The van der Waals surface area contributed by atoms with Gasteiger partial charge in [-0.1, -0.05) is 62.4 Å². The summed E-state index contributed by atoms with van der Waals surface area (Å²) < 4.78 is 5.56. The lowest BCUT2D eigenvalue weighted by Gasteiger charge is -2.29. The Hall–Kier alpha value is -1.80. The molecule has 0 heterocycles. The maximum Gasteiger partial charge on any atom is 0.123 e. The molecule has 0 fully saturated rings. The number of methoxy groups -OCH3 is 1. The zero-order chi connectivity index (χ0) is 15.1. The maximum atomic E-state index is 5.56. The molecule has 0 aliphatic carbocycles. The topological polar surface area (TPSA) is 21.3 Å². The molecule has 0 aliphatic heterocycles. The van der Waals surface area contributed by atoms with E-state index in [2.05, 4.69) is 61.6 Å². The molecular formula is C19H25NO. The van der Waals surface area contributed by atoms with Crippen molar-refractivity contribution < 1.29 is 4.74 Å². The lowest BCUT2D eigenvalue weighted by Crippen LogP contribution is -2.27. The van der Waals surface area contributed by atoms with Gasteiger partial charge in [0.2, 0.25) is 0 Å². The minimum Gasteiger partial charge on any atom is -0.496 e. The van der Waals surface area contributed by atoms with Crippen LogP contribution in [-0.4, -0.2) is 13.7 Å². The standard InChI is InChI=1S/C19H25NO/c1-4-16(15-11-7-6-8-12-15)19(20-5-2)17-13-9-10-14-18(17)21-3/h6-14,16,19-20H,4-5H2,1-3H3. The van der Waals surface area contributed by atoms with Crippen LogP contribution in [0.15, 0.2) is 54.6 Å². The number of nitrogens with one attached hydrogen (secondary N) is 1. The van der Waals surface area contributed by atoms with Gasteiger partial charge < -0.3 is 10.1 Å². The third kappa shape index (κ3) is 3.64. The Labute approximate surface area is 128 Å². The average Bonchev–Trinajstić information content (AvgIpc) is 2.55. The molecule has 0 bridgehead atoms. The first-order valence-corrected chi connectivity index (χ1v) is 7.73. The Balaban J connectivity index is 2.41. The van der Waals surface area contributed by atoms with Crippen molar-refractivity contribution >= 4 is 0 Å². The zero-order valence-corrected chi connectivity index (χ0v) is 13.2. The van der Waals surface area contributed by atoms with Gasteiger partial charge >= 0.3 is 0 Å². The third-order valence-corrected chi connectivity index (χ3v) is 3.97. The van der Waals surface area contributed by atoms with E-state index in [-0.39, 0.29) is 6.04 Å². The molecule has 2 heteroatoms. The van der Waals surface area contributed by atoms with Crippen molar-refractivity contribution in [1.29, 1.82) is 0 Å². The van der Waals surface area contributed by atoms with E-state index in [9.17, 15) is 0 Å². The number of para-hydroxylation sites is 1. The van der Waals surface area contributed by atoms with Crippen LogP contribution in [0.4, 0.5) is 0 Å². The number of ether oxygens (including phenoxy) is 1. The van der Waals surface area contributed by atoms with Crippen molar-refractivity contribution in [1.82, 2.24) is 5.32 Å². The molecule has 0 aliphatic rings. The summed E-state index contributed by atoms with van der Waals surface area (Å²) in [6.45, 7) is 5.34. The molecule has 2 atom stereocenters. The third-order valence-electron chi connectivity index (χ3n) is 3.97. The highest BCUT2D eigenvalue weighted by Crippen LogP contribution is 2.37. The minimum absolute atomic E-state index is 0.263. The summed E-state index contributed by atoms with van der Waals surface area (Å²) >= 11 is 0. The predicted molar refractivity (Wildman–Crippen MR) is 88.9 cm³/mol. The summed E-state index contributed by atoms with van der Waals surface area (Å²) in [7, 11) is 1.74. The molecule has 2 aromatic rings. The van der Waals surface area contributed by atoms with Gasteiger partial charge in [-0.25, -0.2) is 0 Å². The van der Waals surface area contributed by atoms with Crippen LogP contribution >= 0.6 is 0 Å². The summed E-state index contributed by atoms with van der Waals surface area (Å²) in [6.07, 6.45) is 1.08. The Kier molecular flexibility index (Phi) is 5.82. The fourth-order valence-corrected chi connectivity index (χ4v) is 2.98. The highest BCUT2D eigenvalue weighted by molar-refractivity contribution is 5.38. The molecule has 0 saturated carbocycles. The fraction of sp³-hybridized carbons (Fsp3) is 0.368. The molecule has 21 heavy (non-hydrogen) atoms. The summed E-state index contributed by atoms with van der Waals surface area (Å²) in [5, 5.41) is 3.64. The smallest absolute Gasteiger partial charge is 0.123 e. The van der Waals surface area contributed by atoms with Crippen molar-refractivity contribution in [3.05, 3.63) is 65.7 Å². The van der Waals surface area contributed by atoms with Crippen molar-refractivity contribution in [2.75, 3.05) is 13.7 Å². The Bertz CT molecular complexity index is 538. The van der Waals surface area contributed by atoms with E-state index in [0.717, 1.165) is 18.7 Å². The summed E-state index contributed by atoms with van der Waals surface area (Å²) in [4.78, 5) is 0. The molecule has 2 rings (SSSR count). The molecule has 2 unspecified atom stereocenters. The first kappa shape index (κ1) is 15.6. The molecule has 1 N–H and O–H groups in total. The normalized spacial score (nSPS) is 13.7. The lowest BCUT2D eigenvalue weighted by molar-refractivity contribution is 0.383. The maximum absolute atomic E-state index is 5.56. The molecule has 0 saturated heterocycles. The summed E-state index contributed by atoms with van der Waals surface area (Å²) in [5.41, 5.74) is 2.61. The van der Waals surface area contributed by atoms with E-state index in [4.69, 9.17) is 4.74 Å². The second kappa shape index (κ2) is 7.84. The highest BCUT2D eigenvalue weighted by atomic mass is 16.5. The van der Waals surface area contributed by atoms with Crippen LogP contribution in [0.1, 0.15) is 43.4 Å². The molecule has 0 spiro atoms. The van der Waals surface area contributed by atoms with Gasteiger partial charge in [0.1, 0.15) is 5.75 Å². The van der Waals surface area contributed by atoms with E-state index in [0.29, 0.717) is 5.92 Å². The monoisotopic (exact) mass is 283 g/mol. The number of hydrogen-bond donors (Lipinski definition) is 1. The summed E-state index contributed by atoms with van der Waals surface area (Å²) in [5.74, 6) is 1.39. The Morgan fingerprint density at radius 2 is 1.62 bits per heavy atom. The van der Waals surface area contributed by atoms with Crippen LogP contribution in [0.3, 0.4) is 0 Å². The van der Waals surface area contributed by atoms with E-state index in [1.54, 1.807) is 7.11 Å². The largest absolute Gasteiger partial charge is 0.496 e. The van der Waals surface area contributed by atoms with Gasteiger partial charge in [-0.2, -0.15) is 0 Å². The predicted octanol–water partition coefficient (Wildman–Crippen LogP) is 4.54. The van der Waals surface area contributed by atoms with E-state index >= 15 is 0 Å². The fourth-order valence-electron chi connectivity index (χ4n) is 2.98. The summed E-state index contributed by atoms with van der Waals surface area (Å²) in [6, 6.07) is 19.3. The second-order valence-corrected chi connectivity index (χ2v) is 5.20. The van der Waals surface area contributed by atoms with Gasteiger partial charge in [0, 0.05) is 17.5 Å². The van der Waals surface area contributed by atoms with E-state index in [1.165, 1.54) is 11.1 Å². The molecule has 112 valence electrons. The van der Waals surface area contributed by atoms with Gasteiger partial charge in [-0.3, -0.25) is 0 Å². The van der Waals surface area contributed by atoms with Crippen LogP contribution in [0.25, 0.3) is 0 Å². The van der Waals surface area contributed by atoms with Crippen LogP contribution in [0.5, 0.6) is 5.75 Å². The van der Waals surface area contributed by atoms with Crippen molar-refractivity contribution in [3.63, 3.8) is 0 Å².